The fourth-order valence-corrected chi connectivity index (χ4v) is 3.67. The highest BCUT2D eigenvalue weighted by molar-refractivity contribution is 6.04. The molecule has 2 aliphatic rings. The number of carbonyl (C=O) groups excluding carboxylic acids is 2. The van der Waals surface area contributed by atoms with Crippen LogP contribution in [0, 0.1) is 5.92 Å². The summed E-state index contributed by atoms with van der Waals surface area (Å²) in [6.07, 6.45) is 1.89. The van der Waals surface area contributed by atoms with Gasteiger partial charge in [0.15, 0.2) is 11.5 Å². The van der Waals surface area contributed by atoms with E-state index in [1.54, 1.807) is 23.1 Å². The van der Waals surface area contributed by atoms with Crippen molar-refractivity contribution in [3.05, 3.63) is 48.0 Å². The second-order valence-electron chi connectivity index (χ2n) is 7.09. The molecule has 6 nitrogen and oxygen atoms in total. The van der Waals surface area contributed by atoms with Gasteiger partial charge in [-0.15, -0.1) is 0 Å². The fourth-order valence-electron chi connectivity index (χ4n) is 3.67. The lowest BCUT2D eigenvalue weighted by Crippen LogP contribution is -2.28. The number of carbonyl (C=O) groups is 2. The molecule has 0 saturated carbocycles. The summed E-state index contributed by atoms with van der Waals surface area (Å²) >= 11 is 0. The van der Waals surface area contributed by atoms with Crippen LogP contribution in [0.25, 0.3) is 0 Å². The maximum Gasteiger partial charge on any atom is 0.229 e. The van der Waals surface area contributed by atoms with Gasteiger partial charge in [-0.2, -0.15) is 0 Å². The largest absolute Gasteiger partial charge is 0.490 e. The first-order valence-electron chi connectivity index (χ1n) is 9.74. The van der Waals surface area contributed by atoms with E-state index in [9.17, 15) is 9.59 Å². The zero-order chi connectivity index (χ0) is 19.5. The van der Waals surface area contributed by atoms with Gasteiger partial charge >= 0.3 is 0 Å². The third-order valence-corrected chi connectivity index (χ3v) is 5.17. The van der Waals surface area contributed by atoms with Gasteiger partial charge in [0.05, 0.1) is 19.1 Å². The Bertz CT molecular complexity index is 896. The minimum atomic E-state index is -0.381. The van der Waals surface area contributed by atoms with Gasteiger partial charge in [-0.05, 0) is 30.2 Å². The van der Waals surface area contributed by atoms with E-state index in [1.165, 1.54) is 0 Å². The van der Waals surface area contributed by atoms with E-state index in [0.29, 0.717) is 36.9 Å². The van der Waals surface area contributed by atoms with Crippen LogP contribution in [0.2, 0.25) is 0 Å². The Labute approximate surface area is 164 Å². The lowest BCUT2D eigenvalue weighted by molar-refractivity contribution is -0.122. The third-order valence-electron chi connectivity index (χ3n) is 5.17. The first-order chi connectivity index (χ1) is 13.7. The Morgan fingerprint density at radius 1 is 1.14 bits per heavy atom. The van der Waals surface area contributed by atoms with E-state index in [4.69, 9.17) is 9.47 Å². The summed E-state index contributed by atoms with van der Waals surface area (Å²) in [6.45, 7) is 3.67. The van der Waals surface area contributed by atoms with Crippen LogP contribution in [0.5, 0.6) is 11.5 Å². The zero-order valence-corrected chi connectivity index (χ0v) is 15.9. The molecule has 0 bridgehead atoms. The summed E-state index contributed by atoms with van der Waals surface area (Å²) in [7, 11) is 0. The molecule has 0 radical (unpaired) electrons. The van der Waals surface area contributed by atoms with Gasteiger partial charge in [0.25, 0.3) is 0 Å². The molecule has 4 rings (SSSR count). The molecule has 0 aliphatic carbocycles. The van der Waals surface area contributed by atoms with E-state index >= 15 is 0 Å². The van der Waals surface area contributed by atoms with Crippen molar-refractivity contribution in [2.75, 3.05) is 30.0 Å². The van der Waals surface area contributed by atoms with Crippen molar-refractivity contribution in [3.63, 3.8) is 0 Å². The number of nitrogens with one attached hydrogen (secondary N) is 1. The number of para-hydroxylation sites is 1. The smallest absolute Gasteiger partial charge is 0.229 e. The molecule has 0 spiro atoms. The summed E-state index contributed by atoms with van der Waals surface area (Å²) < 4.78 is 11.3. The summed E-state index contributed by atoms with van der Waals surface area (Å²) in [5.41, 5.74) is 2.66. The van der Waals surface area contributed by atoms with Crippen LogP contribution in [0.15, 0.2) is 42.5 Å². The van der Waals surface area contributed by atoms with Crippen molar-refractivity contribution in [1.29, 1.82) is 0 Å². The van der Waals surface area contributed by atoms with Crippen LogP contribution in [0.1, 0.15) is 25.3 Å². The van der Waals surface area contributed by atoms with Crippen LogP contribution >= 0.6 is 0 Å². The molecule has 1 saturated heterocycles. The Balaban J connectivity index is 1.46. The van der Waals surface area contributed by atoms with Gasteiger partial charge in [0, 0.05) is 36.8 Å². The molecule has 1 unspecified atom stereocenters. The molecule has 146 valence electrons. The summed E-state index contributed by atoms with van der Waals surface area (Å²) in [5.74, 6) is 0.776. The number of hydrogen-bond donors (Lipinski definition) is 1. The highest BCUT2D eigenvalue weighted by atomic mass is 16.5. The zero-order valence-electron chi connectivity index (χ0n) is 15.9. The molecule has 2 aliphatic heterocycles. The van der Waals surface area contributed by atoms with Crippen LogP contribution in [0.4, 0.5) is 11.4 Å². The molecule has 2 heterocycles. The van der Waals surface area contributed by atoms with Gasteiger partial charge in [-0.3, -0.25) is 9.59 Å². The summed E-state index contributed by atoms with van der Waals surface area (Å²) in [5, 5.41) is 2.92. The Morgan fingerprint density at radius 2 is 1.93 bits per heavy atom. The highest BCUT2D eigenvalue weighted by Gasteiger charge is 2.35. The molecule has 2 amide bonds. The van der Waals surface area contributed by atoms with Crippen molar-refractivity contribution >= 4 is 23.2 Å². The molecule has 1 fully saturated rings. The maximum atomic E-state index is 12.8. The molecular weight excluding hydrogens is 356 g/mol. The Morgan fingerprint density at radius 3 is 2.75 bits per heavy atom. The van der Waals surface area contributed by atoms with Crippen LogP contribution in [-0.2, 0) is 16.0 Å². The van der Waals surface area contributed by atoms with Gasteiger partial charge in [0.2, 0.25) is 11.8 Å². The van der Waals surface area contributed by atoms with E-state index < -0.39 is 0 Å². The molecule has 2 aromatic rings. The average Bonchev–Trinajstić information content (AvgIpc) is 2.95. The number of ether oxygens (including phenoxy) is 2. The van der Waals surface area contributed by atoms with E-state index in [1.807, 2.05) is 24.3 Å². The van der Waals surface area contributed by atoms with Crippen LogP contribution < -0.4 is 19.7 Å². The summed E-state index contributed by atoms with van der Waals surface area (Å²) in [6, 6.07) is 13.2. The van der Waals surface area contributed by atoms with Crippen molar-refractivity contribution in [3.8, 4) is 11.5 Å². The van der Waals surface area contributed by atoms with Crippen LogP contribution in [0.3, 0.4) is 0 Å². The first kappa shape index (κ1) is 18.3. The Kier molecular flexibility index (Phi) is 5.19. The van der Waals surface area contributed by atoms with Gasteiger partial charge < -0.3 is 19.7 Å². The van der Waals surface area contributed by atoms with Gasteiger partial charge in [-0.1, -0.05) is 25.1 Å². The highest BCUT2D eigenvalue weighted by Crippen LogP contribution is 2.33. The maximum absolute atomic E-state index is 12.8. The van der Waals surface area contributed by atoms with E-state index in [2.05, 4.69) is 12.2 Å². The second-order valence-corrected chi connectivity index (χ2v) is 7.09. The van der Waals surface area contributed by atoms with Crippen molar-refractivity contribution in [2.24, 2.45) is 5.92 Å². The molecule has 1 atom stereocenters. The molecular formula is C22H24N2O4. The minimum absolute atomic E-state index is 0.0142. The van der Waals surface area contributed by atoms with E-state index in [0.717, 1.165) is 24.1 Å². The number of aryl methyl sites for hydroxylation is 1. The number of rotatable bonds is 4. The Hall–Kier alpha value is -3.02. The monoisotopic (exact) mass is 380 g/mol. The van der Waals surface area contributed by atoms with Crippen molar-refractivity contribution in [1.82, 2.24) is 0 Å². The topological polar surface area (TPSA) is 67.9 Å². The molecule has 6 heteroatoms. The molecule has 1 N–H and O–H groups in total. The number of fused-ring (bicyclic) bond motifs is 1. The van der Waals surface area contributed by atoms with Crippen LogP contribution in [-0.4, -0.2) is 31.6 Å². The van der Waals surface area contributed by atoms with Gasteiger partial charge in [-0.25, -0.2) is 0 Å². The van der Waals surface area contributed by atoms with Gasteiger partial charge in [0.1, 0.15) is 0 Å². The molecule has 0 aromatic heterocycles. The van der Waals surface area contributed by atoms with Crippen molar-refractivity contribution in [2.45, 2.75) is 26.2 Å². The number of hydrogen-bond acceptors (Lipinski definition) is 4. The summed E-state index contributed by atoms with van der Waals surface area (Å²) in [4.78, 5) is 27.0. The molecule has 2 aromatic carbocycles. The number of amides is 2. The fraction of sp³-hybridized carbons (Fsp3) is 0.364. The average molecular weight is 380 g/mol. The molecule has 28 heavy (non-hydrogen) atoms. The minimum Gasteiger partial charge on any atom is -0.490 e. The normalized spacial score (nSPS) is 18.7. The third kappa shape index (κ3) is 3.67. The quantitative estimate of drug-likeness (QED) is 0.883. The predicted molar refractivity (Wildman–Crippen MR) is 107 cm³/mol. The first-order valence-corrected chi connectivity index (χ1v) is 9.74. The number of anilines is 2. The standard InChI is InChI=1S/C22H24N2O4/c1-2-15-6-3-4-7-18(15)24-14-16(12-21(24)25)22(26)23-17-8-9-19-20(13-17)28-11-5-10-27-19/h3-4,6-9,13,16H,2,5,10-12,14H2,1H3,(H,23,26). The van der Waals surface area contributed by atoms with Crippen molar-refractivity contribution < 1.29 is 19.1 Å². The SMILES string of the molecule is CCc1ccccc1N1CC(C(=O)Nc2ccc3c(c2)OCCCO3)CC1=O. The predicted octanol–water partition coefficient (Wildman–Crippen LogP) is 3.40. The van der Waals surface area contributed by atoms with E-state index in [-0.39, 0.29) is 24.2 Å². The second kappa shape index (κ2) is 7.92. The number of benzene rings is 2. The number of nitrogens with zero attached hydrogens (tertiary/aromatic N) is 1. The lowest BCUT2D eigenvalue weighted by atomic mass is 10.1. The lowest BCUT2D eigenvalue weighted by Gasteiger charge is -2.20.